The molecule has 10 rings (SSSR count). The molecule has 1 heteroatoms. The second-order valence-corrected chi connectivity index (χ2v) is 14.7. The Morgan fingerprint density at radius 2 is 1.14 bits per heavy atom. The summed E-state index contributed by atoms with van der Waals surface area (Å²) in [6.45, 7) is 4.74. The number of hydrogen-bond donors (Lipinski definition) is 0. The van der Waals surface area contributed by atoms with Gasteiger partial charge in [-0.3, -0.25) is 0 Å². The minimum atomic E-state index is 0.285. The van der Waals surface area contributed by atoms with E-state index in [1.807, 2.05) is 0 Å². The largest absolute Gasteiger partial charge is 0.309 e. The topological polar surface area (TPSA) is 4.93 Å². The molecule has 1 heterocycles. The molecule has 0 aliphatic heterocycles. The van der Waals surface area contributed by atoms with Crippen LogP contribution in [-0.4, -0.2) is 4.57 Å². The first-order valence-electron chi connectivity index (χ1n) is 18.4. The van der Waals surface area contributed by atoms with Gasteiger partial charge in [-0.1, -0.05) is 147 Å². The van der Waals surface area contributed by atoms with E-state index in [-0.39, 0.29) is 5.92 Å². The molecule has 0 N–H and O–H groups in total. The molecule has 0 saturated heterocycles. The molecule has 2 aliphatic carbocycles. The van der Waals surface area contributed by atoms with Gasteiger partial charge in [-0.25, -0.2) is 0 Å². The summed E-state index contributed by atoms with van der Waals surface area (Å²) in [4.78, 5) is 0. The predicted molar refractivity (Wildman–Crippen MR) is 218 cm³/mol. The van der Waals surface area contributed by atoms with Gasteiger partial charge < -0.3 is 4.57 Å². The summed E-state index contributed by atoms with van der Waals surface area (Å²) in [5, 5.41) is 8.18. The average Bonchev–Trinajstić information content (AvgIpc) is 3.52. The van der Waals surface area contributed by atoms with E-state index in [1.54, 1.807) is 0 Å². The van der Waals surface area contributed by atoms with E-state index in [9.17, 15) is 0 Å². The van der Waals surface area contributed by atoms with E-state index in [0.717, 1.165) is 6.42 Å². The Kier molecular flexibility index (Phi) is 6.96. The van der Waals surface area contributed by atoms with Crippen molar-refractivity contribution in [2.45, 2.75) is 26.2 Å². The fraction of sp³-hybridized carbons (Fsp3) is 0.120. The van der Waals surface area contributed by atoms with Crippen LogP contribution in [0.15, 0.2) is 152 Å². The Balaban J connectivity index is 1.17. The smallest absolute Gasteiger partial charge is 0.0541 e. The van der Waals surface area contributed by atoms with Crippen molar-refractivity contribution in [2.75, 3.05) is 0 Å². The summed E-state index contributed by atoms with van der Waals surface area (Å²) in [7, 11) is 0. The summed E-state index contributed by atoms with van der Waals surface area (Å²) in [6, 6.07) is 53.7. The summed E-state index contributed by atoms with van der Waals surface area (Å²) < 4.78 is 2.47. The Bertz CT molecular complexity index is 2740. The third-order valence-corrected chi connectivity index (χ3v) is 11.4. The maximum Gasteiger partial charge on any atom is 0.0541 e. The third kappa shape index (κ3) is 4.91. The lowest BCUT2D eigenvalue weighted by atomic mass is 9.78. The molecular weight excluding hydrogens is 615 g/mol. The molecule has 3 unspecified atom stereocenters. The molecule has 1 nitrogen and oxygen atoms in total. The van der Waals surface area contributed by atoms with Crippen molar-refractivity contribution >= 4 is 50.8 Å². The normalized spacial score (nSPS) is 18.0. The highest BCUT2D eigenvalue weighted by Crippen LogP contribution is 2.39. The molecule has 0 radical (unpaired) electrons. The molecule has 0 fully saturated rings. The predicted octanol–water partition coefficient (Wildman–Crippen LogP) is 11.5. The average molecular weight is 654 g/mol. The van der Waals surface area contributed by atoms with Gasteiger partial charge in [0.05, 0.1) is 11.0 Å². The molecule has 2 aliphatic rings. The fourth-order valence-electron chi connectivity index (χ4n) is 8.91. The summed E-state index contributed by atoms with van der Waals surface area (Å²) in [6.07, 6.45) is 11.0. The van der Waals surface area contributed by atoms with Crippen molar-refractivity contribution in [2.24, 2.45) is 11.8 Å². The van der Waals surface area contributed by atoms with Gasteiger partial charge in [-0.05, 0) is 115 Å². The van der Waals surface area contributed by atoms with Crippen LogP contribution < -0.4 is 10.4 Å². The molecule has 51 heavy (non-hydrogen) atoms. The Morgan fingerprint density at radius 1 is 0.510 bits per heavy atom. The minimum Gasteiger partial charge on any atom is -0.309 e. The molecule has 1 aromatic heterocycles. The number of rotatable bonds is 4. The number of para-hydroxylation sites is 1. The van der Waals surface area contributed by atoms with Gasteiger partial charge in [0, 0.05) is 22.4 Å². The van der Waals surface area contributed by atoms with Crippen LogP contribution in [0, 0.1) is 11.8 Å². The highest BCUT2D eigenvalue weighted by molar-refractivity contribution is 6.10. The zero-order valence-electron chi connectivity index (χ0n) is 29.1. The maximum absolute atomic E-state index is 2.58. The van der Waals surface area contributed by atoms with Crippen LogP contribution in [0.25, 0.3) is 78.7 Å². The Morgan fingerprint density at radius 3 is 1.86 bits per heavy atom. The molecule has 7 aromatic carbocycles. The van der Waals surface area contributed by atoms with Gasteiger partial charge in [-0.2, -0.15) is 0 Å². The number of nitrogens with zero attached hydrogens (tertiary/aromatic N) is 1. The first-order chi connectivity index (χ1) is 25.1. The minimum absolute atomic E-state index is 0.285. The van der Waals surface area contributed by atoms with Crippen LogP contribution in [0.2, 0.25) is 0 Å². The third-order valence-electron chi connectivity index (χ3n) is 11.4. The van der Waals surface area contributed by atoms with E-state index in [0.29, 0.717) is 11.8 Å². The van der Waals surface area contributed by atoms with Gasteiger partial charge in [0.15, 0.2) is 0 Å². The van der Waals surface area contributed by atoms with Crippen LogP contribution in [0.1, 0.15) is 36.5 Å². The van der Waals surface area contributed by atoms with Gasteiger partial charge in [-0.15, -0.1) is 0 Å². The Hall–Kier alpha value is -5.92. The molecule has 0 bridgehead atoms. The molecule has 0 amide bonds. The lowest BCUT2D eigenvalue weighted by Gasteiger charge is -2.26. The molecular formula is C50H39N. The molecule has 244 valence electrons. The maximum atomic E-state index is 2.58. The van der Waals surface area contributed by atoms with E-state index in [1.165, 1.54) is 87.6 Å². The molecule has 0 saturated carbocycles. The van der Waals surface area contributed by atoms with Crippen LogP contribution in [0.4, 0.5) is 0 Å². The zero-order valence-corrected chi connectivity index (χ0v) is 29.1. The Labute approximate surface area is 299 Å². The second-order valence-electron chi connectivity index (χ2n) is 14.7. The van der Waals surface area contributed by atoms with Crippen molar-refractivity contribution in [3.8, 4) is 27.9 Å². The van der Waals surface area contributed by atoms with Gasteiger partial charge >= 0.3 is 0 Å². The standard InChI is InChI=1S/C50H39N/c1-32-21-23-42-40-17-9-10-18-41(40)47-31-44(33(2)26-46(47)45(42)25-32)36-22-24-50-48(30-36)43-19-11-12-20-49(43)51(50)39-28-37(34-13-5-3-6-14-34)27-38(29-39)35-15-7-4-8-16-35/h3-24,26-33,44H,25H2,1-2H3. The summed E-state index contributed by atoms with van der Waals surface area (Å²) >= 11 is 0. The van der Waals surface area contributed by atoms with Gasteiger partial charge in [0.2, 0.25) is 0 Å². The van der Waals surface area contributed by atoms with Gasteiger partial charge in [0.1, 0.15) is 0 Å². The SMILES string of the molecule is CC1C=Cc2c(c3c(c4ccccc24)=CC(c2ccc4c(c2)c2ccccc2n4-c2cc(-c4ccccc4)cc(-c4ccccc4)c2)C(C)C=3)C1. The number of aromatic nitrogens is 1. The quantitative estimate of drug-likeness (QED) is 0.178. The van der Waals surface area contributed by atoms with E-state index in [2.05, 4.69) is 188 Å². The number of benzene rings is 7. The summed E-state index contributed by atoms with van der Waals surface area (Å²) in [5.41, 5.74) is 12.8. The zero-order chi connectivity index (χ0) is 34.1. The lowest BCUT2D eigenvalue weighted by molar-refractivity contribution is 0.685. The molecule has 3 atom stereocenters. The fourth-order valence-corrected chi connectivity index (χ4v) is 8.91. The number of fused-ring (bicyclic) bond motifs is 9. The highest BCUT2D eigenvalue weighted by atomic mass is 15.0. The van der Waals surface area contributed by atoms with Crippen LogP contribution in [-0.2, 0) is 6.42 Å². The van der Waals surface area contributed by atoms with Crippen molar-refractivity contribution < 1.29 is 0 Å². The van der Waals surface area contributed by atoms with Crippen molar-refractivity contribution in [3.63, 3.8) is 0 Å². The van der Waals surface area contributed by atoms with Crippen LogP contribution >= 0.6 is 0 Å². The first kappa shape index (κ1) is 29.9. The monoisotopic (exact) mass is 653 g/mol. The van der Waals surface area contributed by atoms with Gasteiger partial charge in [0.25, 0.3) is 0 Å². The van der Waals surface area contributed by atoms with E-state index < -0.39 is 0 Å². The second kappa shape index (κ2) is 11.9. The van der Waals surface area contributed by atoms with Crippen LogP contribution in [0.5, 0.6) is 0 Å². The van der Waals surface area contributed by atoms with Crippen molar-refractivity contribution in [1.82, 2.24) is 4.57 Å². The number of allylic oxidation sites excluding steroid dienone is 1. The van der Waals surface area contributed by atoms with E-state index in [4.69, 9.17) is 0 Å². The first-order valence-corrected chi connectivity index (χ1v) is 18.4. The number of hydrogen-bond acceptors (Lipinski definition) is 0. The van der Waals surface area contributed by atoms with Crippen LogP contribution in [0.3, 0.4) is 0 Å². The summed E-state index contributed by atoms with van der Waals surface area (Å²) in [5.74, 6) is 1.22. The lowest BCUT2D eigenvalue weighted by Crippen LogP contribution is -2.37. The molecule has 8 aromatic rings. The van der Waals surface area contributed by atoms with Crippen molar-refractivity contribution in [3.05, 3.63) is 179 Å². The molecule has 0 spiro atoms. The highest BCUT2D eigenvalue weighted by Gasteiger charge is 2.24. The van der Waals surface area contributed by atoms with E-state index >= 15 is 0 Å². The van der Waals surface area contributed by atoms with Crippen molar-refractivity contribution in [1.29, 1.82) is 0 Å².